The minimum Gasteiger partial charge on any atom is -0.274 e. The van der Waals surface area contributed by atoms with Crippen LogP contribution in [-0.2, 0) is 15.0 Å². The fourth-order valence-corrected chi connectivity index (χ4v) is 7.23. The lowest BCUT2D eigenvalue weighted by molar-refractivity contribution is -0.123. The zero-order valence-corrected chi connectivity index (χ0v) is 19.0. The summed E-state index contributed by atoms with van der Waals surface area (Å²) in [5, 5.41) is 0. The summed E-state index contributed by atoms with van der Waals surface area (Å²) in [6.07, 6.45) is 0.775. The number of hydrogen-bond acceptors (Lipinski definition) is 2. The summed E-state index contributed by atoms with van der Waals surface area (Å²) in [6.45, 7) is 4.15. The Balaban J connectivity index is 1.64. The van der Waals surface area contributed by atoms with Gasteiger partial charge in [-0.25, -0.2) is 4.90 Å². The Morgan fingerprint density at radius 3 is 2.10 bits per heavy atom. The number of imide groups is 1. The first-order valence-corrected chi connectivity index (χ1v) is 11.6. The standard InChI is InChI=1S/C27H22BrNO2/c1-3-27-18-10-6-4-8-16(18)22(17-9-5-7-11-19(17)27)23-24(27)26(31)29(25(23)30)21-13-12-15(2)14-20(21)28/h4-14,22-24H,3H2,1-2H3. The van der Waals surface area contributed by atoms with Crippen LogP contribution in [0.25, 0.3) is 0 Å². The number of anilines is 1. The first-order chi connectivity index (χ1) is 15.0. The van der Waals surface area contributed by atoms with Crippen molar-refractivity contribution in [2.24, 2.45) is 11.8 Å². The highest BCUT2D eigenvalue weighted by atomic mass is 79.9. The van der Waals surface area contributed by atoms with Gasteiger partial charge in [0.25, 0.3) is 0 Å². The molecule has 2 bridgehead atoms. The number of carbonyl (C=O) groups is 2. The molecule has 2 atom stereocenters. The molecule has 2 amide bonds. The molecular formula is C27H22BrNO2. The van der Waals surface area contributed by atoms with Crippen LogP contribution >= 0.6 is 15.9 Å². The highest BCUT2D eigenvalue weighted by molar-refractivity contribution is 9.10. The lowest BCUT2D eigenvalue weighted by Gasteiger charge is -2.54. The van der Waals surface area contributed by atoms with E-state index in [0.29, 0.717) is 5.69 Å². The molecule has 7 rings (SSSR count). The average molecular weight is 472 g/mol. The van der Waals surface area contributed by atoms with E-state index in [0.717, 1.165) is 16.5 Å². The van der Waals surface area contributed by atoms with Gasteiger partial charge in [0.2, 0.25) is 11.8 Å². The summed E-state index contributed by atoms with van der Waals surface area (Å²) in [7, 11) is 0. The molecule has 2 unspecified atom stereocenters. The molecule has 1 saturated heterocycles. The monoisotopic (exact) mass is 471 g/mol. The second-order valence-electron chi connectivity index (χ2n) is 8.95. The fraction of sp³-hybridized carbons (Fsp3) is 0.259. The van der Waals surface area contributed by atoms with Gasteiger partial charge >= 0.3 is 0 Å². The molecule has 4 aliphatic rings. The normalized spacial score (nSPS) is 27.8. The Morgan fingerprint density at radius 2 is 1.52 bits per heavy atom. The van der Waals surface area contributed by atoms with E-state index in [-0.39, 0.29) is 29.6 Å². The van der Waals surface area contributed by atoms with E-state index in [9.17, 15) is 9.59 Å². The van der Waals surface area contributed by atoms with E-state index in [4.69, 9.17) is 0 Å². The van der Waals surface area contributed by atoms with E-state index in [1.54, 1.807) is 0 Å². The van der Waals surface area contributed by atoms with Gasteiger partial charge in [0.1, 0.15) is 0 Å². The number of aryl methyl sites for hydroxylation is 1. The molecule has 0 spiro atoms. The zero-order chi connectivity index (χ0) is 21.5. The Morgan fingerprint density at radius 1 is 0.903 bits per heavy atom. The average Bonchev–Trinajstić information content (AvgIpc) is 3.05. The van der Waals surface area contributed by atoms with E-state index in [1.165, 1.54) is 27.2 Å². The van der Waals surface area contributed by atoms with Crippen molar-refractivity contribution in [3.8, 4) is 0 Å². The van der Waals surface area contributed by atoms with E-state index in [1.807, 2.05) is 25.1 Å². The smallest absolute Gasteiger partial charge is 0.239 e. The number of benzene rings is 3. The van der Waals surface area contributed by atoms with Crippen molar-refractivity contribution >= 4 is 33.4 Å². The minimum absolute atomic E-state index is 0.0737. The minimum atomic E-state index is -0.481. The molecule has 1 fully saturated rings. The van der Waals surface area contributed by atoms with Crippen molar-refractivity contribution in [1.29, 1.82) is 0 Å². The van der Waals surface area contributed by atoms with Gasteiger partial charge in [-0.2, -0.15) is 0 Å². The molecule has 3 aliphatic carbocycles. The molecule has 31 heavy (non-hydrogen) atoms. The van der Waals surface area contributed by atoms with Crippen molar-refractivity contribution in [3.63, 3.8) is 0 Å². The molecular weight excluding hydrogens is 450 g/mol. The van der Waals surface area contributed by atoms with Crippen molar-refractivity contribution in [1.82, 2.24) is 0 Å². The van der Waals surface area contributed by atoms with Crippen LogP contribution in [0, 0.1) is 18.8 Å². The summed E-state index contributed by atoms with van der Waals surface area (Å²) < 4.78 is 0.778. The summed E-state index contributed by atoms with van der Waals surface area (Å²) >= 11 is 3.60. The van der Waals surface area contributed by atoms with Crippen molar-refractivity contribution in [3.05, 3.63) is 99.0 Å². The highest BCUT2D eigenvalue weighted by Gasteiger charge is 2.67. The van der Waals surface area contributed by atoms with E-state index in [2.05, 4.69) is 71.4 Å². The Hall–Kier alpha value is -2.72. The number of carbonyl (C=O) groups excluding carboxylic acids is 2. The number of amides is 2. The maximum Gasteiger partial charge on any atom is 0.239 e. The quantitative estimate of drug-likeness (QED) is 0.448. The Bertz CT molecular complexity index is 1230. The largest absolute Gasteiger partial charge is 0.274 e. The zero-order valence-electron chi connectivity index (χ0n) is 17.4. The molecule has 0 saturated carbocycles. The molecule has 3 aromatic carbocycles. The molecule has 0 aromatic heterocycles. The molecule has 0 N–H and O–H groups in total. The van der Waals surface area contributed by atoms with Crippen molar-refractivity contribution in [2.75, 3.05) is 4.90 Å². The third-order valence-corrected chi connectivity index (χ3v) is 8.33. The fourth-order valence-electron chi connectivity index (χ4n) is 6.56. The first-order valence-electron chi connectivity index (χ1n) is 10.8. The predicted molar refractivity (Wildman–Crippen MR) is 124 cm³/mol. The van der Waals surface area contributed by atoms with Crippen molar-refractivity contribution < 1.29 is 9.59 Å². The van der Waals surface area contributed by atoms with Crippen molar-refractivity contribution in [2.45, 2.75) is 31.6 Å². The van der Waals surface area contributed by atoms with E-state index < -0.39 is 5.41 Å². The molecule has 154 valence electrons. The summed E-state index contributed by atoms with van der Waals surface area (Å²) in [6, 6.07) is 22.7. The Kier molecular flexibility index (Phi) is 3.92. The third-order valence-electron chi connectivity index (χ3n) is 7.70. The van der Waals surface area contributed by atoms with Gasteiger partial charge in [-0.1, -0.05) is 61.5 Å². The summed E-state index contributed by atoms with van der Waals surface area (Å²) in [5.74, 6) is -0.989. The molecule has 4 heteroatoms. The SMILES string of the molecule is CCC12c3ccccc3C(c3ccccc31)C1C(=O)N(c3ccc(C)cc3Br)C(=O)C12. The number of rotatable bonds is 2. The predicted octanol–water partition coefficient (Wildman–Crippen LogP) is 5.72. The molecule has 0 radical (unpaired) electrons. The van der Waals surface area contributed by atoms with Gasteiger partial charge in [0, 0.05) is 15.8 Å². The lowest BCUT2D eigenvalue weighted by Crippen LogP contribution is -2.53. The Labute approximate surface area is 190 Å². The van der Waals surface area contributed by atoms with Crippen LogP contribution in [0.5, 0.6) is 0 Å². The number of halogens is 1. The lowest BCUT2D eigenvalue weighted by atomic mass is 9.46. The number of hydrogen-bond donors (Lipinski definition) is 0. The van der Waals surface area contributed by atoms with E-state index >= 15 is 0 Å². The highest BCUT2D eigenvalue weighted by Crippen LogP contribution is 2.65. The summed E-state index contributed by atoms with van der Waals surface area (Å²) in [4.78, 5) is 29.4. The van der Waals surface area contributed by atoms with Crippen LogP contribution in [-0.4, -0.2) is 11.8 Å². The van der Waals surface area contributed by atoms with Crippen LogP contribution in [0.2, 0.25) is 0 Å². The molecule has 3 aromatic rings. The third kappa shape index (κ3) is 2.19. The van der Waals surface area contributed by atoms with Gasteiger partial charge in [-0.05, 0) is 69.2 Å². The molecule has 3 nitrogen and oxygen atoms in total. The van der Waals surface area contributed by atoms with Gasteiger partial charge in [-0.15, -0.1) is 0 Å². The second kappa shape index (κ2) is 6.39. The first kappa shape index (κ1) is 19.0. The topological polar surface area (TPSA) is 37.4 Å². The van der Waals surface area contributed by atoms with Gasteiger partial charge in [0.05, 0.1) is 17.5 Å². The van der Waals surface area contributed by atoms with Gasteiger partial charge in [-0.3, -0.25) is 9.59 Å². The number of nitrogens with zero attached hydrogens (tertiary/aromatic N) is 1. The molecule has 1 heterocycles. The maximum absolute atomic E-state index is 14.0. The van der Waals surface area contributed by atoms with Gasteiger partial charge in [0.15, 0.2) is 0 Å². The van der Waals surface area contributed by atoms with Crippen LogP contribution < -0.4 is 4.90 Å². The maximum atomic E-state index is 14.0. The van der Waals surface area contributed by atoms with Crippen LogP contribution in [0.15, 0.2) is 71.2 Å². The van der Waals surface area contributed by atoms with Gasteiger partial charge < -0.3 is 0 Å². The van der Waals surface area contributed by atoms with Crippen LogP contribution in [0.1, 0.15) is 47.1 Å². The van der Waals surface area contributed by atoms with Crippen LogP contribution in [0.4, 0.5) is 5.69 Å². The molecule has 1 aliphatic heterocycles. The second-order valence-corrected chi connectivity index (χ2v) is 9.80. The van der Waals surface area contributed by atoms with Crippen LogP contribution in [0.3, 0.4) is 0 Å². The summed E-state index contributed by atoms with van der Waals surface area (Å²) in [5.41, 5.74) is 6.09.